The molecule has 2 heterocycles. The maximum absolute atomic E-state index is 12.3. The van der Waals surface area contributed by atoms with E-state index < -0.39 is 10.0 Å². The summed E-state index contributed by atoms with van der Waals surface area (Å²) in [4.78, 5) is 0. The normalized spacial score (nSPS) is 23.4. The van der Waals surface area contributed by atoms with Gasteiger partial charge in [0.15, 0.2) is 0 Å². The van der Waals surface area contributed by atoms with Crippen molar-refractivity contribution in [3.8, 4) is 0 Å². The van der Waals surface area contributed by atoms with E-state index in [4.69, 9.17) is 9.15 Å². The van der Waals surface area contributed by atoms with Crippen LogP contribution in [0.5, 0.6) is 0 Å². The summed E-state index contributed by atoms with van der Waals surface area (Å²) in [6, 6.07) is 9.51. The fourth-order valence-corrected chi connectivity index (χ4v) is 4.82. The average Bonchev–Trinajstić information content (AvgIpc) is 3.08. The van der Waals surface area contributed by atoms with Crippen molar-refractivity contribution in [1.29, 1.82) is 0 Å². The Labute approximate surface area is 136 Å². The van der Waals surface area contributed by atoms with E-state index >= 15 is 0 Å². The van der Waals surface area contributed by atoms with Crippen molar-refractivity contribution in [3.63, 3.8) is 0 Å². The van der Waals surface area contributed by atoms with Crippen LogP contribution in [0.4, 0.5) is 0 Å². The molecule has 1 spiro atoms. The first kappa shape index (κ1) is 15.2. The van der Waals surface area contributed by atoms with Crippen LogP contribution >= 0.6 is 0 Å². The number of sulfonamides is 1. The summed E-state index contributed by atoms with van der Waals surface area (Å²) in [5.41, 5.74) is 1.05. The Hall–Kier alpha value is -1.37. The molecule has 2 aromatic rings. The van der Waals surface area contributed by atoms with E-state index in [1.54, 1.807) is 0 Å². The largest absolute Gasteiger partial charge is 0.460 e. The third-order valence-corrected chi connectivity index (χ3v) is 6.44. The standard InChI is InChI=1S/C17H21NO4S/c19-23(20,11-15-9-17(12-21-15)6-3-7-17)18-10-14-8-13-4-1-2-5-16(13)22-14/h1-2,4-5,8,15,18H,3,6-7,9-12H2. The molecule has 1 aromatic carbocycles. The molecule has 4 rings (SSSR count). The number of furan rings is 1. The molecule has 1 saturated carbocycles. The van der Waals surface area contributed by atoms with Crippen molar-refractivity contribution in [2.75, 3.05) is 12.4 Å². The van der Waals surface area contributed by atoms with Gasteiger partial charge in [-0.25, -0.2) is 13.1 Å². The Balaban J connectivity index is 1.36. The smallest absolute Gasteiger partial charge is 0.214 e. The molecular formula is C17H21NO4S. The van der Waals surface area contributed by atoms with Gasteiger partial charge in [-0.05, 0) is 36.8 Å². The summed E-state index contributed by atoms with van der Waals surface area (Å²) in [5.74, 6) is 0.659. The Kier molecular flexibility index (Phi) is 3.70. The van der Waals surface area contributed by atoms with E-state index in [9.17, 15) is 8.42 Å². The van der Waals surface area contributed by atoms with Crippen LogP contribution < -0.4 is 4.72 Å². The quantitative estimate of drug-likeness (QED) is 0.912. The molecule has 5 nitrogen and oxygen atoms in total. The minimum absolute atomic E-state index is 0.0367. The monoisotopic (exact) mass is 335 g/mol. The van der Waals surface area contributed by atoms with Crippen molar-refractivity contribution >= 4 is 21.0 Å². The molecule has 0 bridgehead atoms. The van der Waals surface area contributed by atoms with Crippen molar-refractivity contribution in [2.24, 2.45) is 5.41 Å². The lowest BCUT2D eigenvalue weighted by atomic mass is 9.68. The van der Waals surface area contributed by atoms with Gasteiger partial charge in [0, 0.05) is 5.39 Å². The molecule has 1 unspecified atom stereocenters. The number of rotatable bonds is 5. The van der Waals surface area contributed by atoms with Crippen LogP contribution in [0.1, 0.15) is 31.4 Å². The van der Waals surface area contributed by atoms with Gasteiger partial charge in [-0.15, -0.1) is 0 Å². The summed E-state index contributed by atoms with van der Waals surface area (Å²) >= 11 is 0. The van der Waals surface area contributed by atoms with E-state index in [1.165, 1.54) is 19.3 Å². The molecule has 0 amide bonds. The Morgan fingerprint density at radius 3 is 2.78 bits per heavy atom. The second kappa shape index (κ2) is 5.61. The van der Waals surface area contributed by atoms with Crippen molar-refractivity contribution in [3.05, 3.63) is 36.1 Å². The fourth-order valence-electron chi connectivity index (χ4n) is 3.64. The van der Waals surface area contributed by atoms with Gasteiger partial charge in [-0.3, -0.25) is 0 Å². The average molecular weight is 335 g/mol. The van der Waals surface area contributed by atoms with E-state index in [0.29, 0.717) is 5.76 Å². The Morgan fingerprint density at radius 1 is 1.26 bits per heavy atom. The summed E-state index contributed by atoms with van der Waals surface area (Å²) < 4.78 is 38.5. The lowest BCUT2D eigenvalue weighted by Gasteiger charge is -2.36. The summed E-state index contributed by atoms with van der Waals surface area (Å²) in [7, 11) is -3.37. The predicted octanol–water partition coefficient (Wildman–Crippen LogP) is 2.81. The third-order valence-electron chi connectivity index (χ3n) is 5.05. The molecule has 1 aliphatic carbocycles. The maximum atomic E-state index is 12.3. The van der Waals surface area contributed by atoms with Crippen LogP contribution in [0.3, 0.4) is 0 Å². The third kappa shape index (κ3) is 3.16. The second-order valence-electron chi connectivity index (χ2n) is 6.84. The topological polar surface area (TPSA) is 68.5 Å². The number of hydrogen-bond donors (Lipinski definition) is 1. The molecular weight excluding hydrogens is 314 g/mol. The SMILES string of the molecule is O=S(=O)(CC1CC2(CCC2)CO1)NCc1cc2ccccc2o1. The van der Waals surface area contributed by atoms with Gasteiger partial charge in [0.1, 0.15) is 11.3 Å². The Bertz CT molecular complexity index is 774. The first-order chi connectivity index (χ1) is 11.0. The van der Waals surface area contributed by atoms with Gasteiger partial charge in [0.25, 0.3) is 0 Å². The number of hydrogen-bond acceptors (Lipinski definition) is 4. The molecule has 1 saturated heterocycles. The van der Waals surface area contributed by atoms with Crippen LogP contribution in [0.15, 0.2) is 34.7 Å². The molecule has 1 aromatic heterocycles. The summed E-state index contributed by atoms with van der Waals surface area (Å²) in [6.07, 6.45) is 4.29. The molecule has 1 N–H and O–H groups in total. The van der Waals surface area contributed by atoms with Crippen LogP contribution in [-0.4, -0.2) is 26.9 Å². The van der Waals surface area contributed by atoms with Crippen molar-refractivity contribution in [2.45, 2.75) is 38.3 Å². The van der Waals surface area contributed by atoms with Gasteiger partial charge in [0.05, 0.1) is 25.0 Å². The van der Waals surface area contributed by atoms with Gasteiger partial charge in [-0.1, -0.05) is 24.6 Å². The van der Waals surface area contributed by atoms with E-state index in [0.717, 1.165) is 24.0 Å². The number of para-hydroxylation sites is 1. The van der Waals surface area contributed by atoms with Crippen LogP contribution in [0.25, 0.3) is 11.0 Å². The zero-order valence-corrected chi connectivity index (χ0v) is 13.8. The number of fused-ring (bicyclic) bond motifs is 1. The van der Waals surface area contributed by atoms with E-state index in [2.05, 4.69) is 4.72 Å². The van der Waals surface area contributed by atoms with Crippen LogP contribution in [0.2, 0.25) is 0 Å². The number of nitrogens with one attached hydrogen (secondary N) is 1. The van der Waals surface area contributed by atoms with E-state index in [-0.39, 0.29) is 23.8 Å². The molecule has 23 heavy (non-hydrogen) atoms. The van der Waals surface area contributed by atoms with E-state index in [1.807, 2.05) is 30.3 Å². The molecule has 2 fully saturated rings. The highest BCUT2D eigenvalue weighted by atomic mass is 32.2. The van der Waals surface area contributed by atoms with Crippen LogP contribution in [-0.2, 0) is 21.3 Å². The van der Waals surface area contributed by atoms with Crippen LogP contribution in [0, 0.1) is 5.41 Å². The highest BCUT2D eigenvalue weighted by Crippen LogP contribution is 2.49. The highest BCUT2D eigenvalue weighted by Gasteiger charge is 2.45. The van der Waals surface area contributed by atoms with Crippen molar-refractivity contribution < 1.29 is 17.6 Å². The lowest BCUT2D eigenvalue weighted by Crippen LogP contribution is -2.33. The molecule has 124 valence electrons. The highest BCUT2D eigenvalue weighted by molar-refractivity contribution is 7.89. The lowest BCUT2D eigenvalue weighted by molar-refractivity contribution is 0.0750. The van der Waals surface area contributed by atoms with Gasteiger partial charge >= 0.3 is 0 Å². The molecule has 1 aliphatic heterocycles. The summed E-state index contributed by atoms with van der Waals surface area (Å²) in [5, 5.41) is 0.979. The number of ether oxygens (including phenoxy) is 1. The zero-order chi connectivity index (χ0) is 15.9. The van der Waals surface area contributed by atoms with Gasteiger partial charge in [0.2, 0.25) is 10.0 Å². The summed E-state index contributed by atoms with van der Waals surface area (Å²) in [6.45, 7) is 0.894. The van der Waals surface area contributed by atoms with Gasteiger partial charge in [-0.2, -0.15) is 0 Å². The first-order valence-electron chi connectivity index (χ1n) is 8.10. The minimum Gasteiger partial charge on any atom is -0.460 e. The predicted molar refractivity (Wildman–Crippen MR) is 87.5 cm³/mol. The Morgan fingerprint density at radius 2 is 2.09 bits per heavy atom. The molecule has 6 heteroatoms. The first-order valence-corrected chi connectivity index (χ1v) is 9.75. The fraction of sp³-hybridized carbons (Fsp3) is 0.529. The van der Waals surface area contributed by atoms with Gasteiger partial charge < -0.3 is 9.15 Å². The molecule has 1 atom stereocenters. The molecule has 0 radical (unpaired) electrons. The minimum atomic E-state index is -3.37. The zero-order valence-electron chi connectivity index (χ0n) is 13.0. The maximum Gasteiger partial charge on any atom is 0.214 e. The number of benzene rings is 1. The second-order valence-corrected chi connectivity index (χ2v) is 8.70. The molecule has 2 aliphatic rings. The van der Waals surface area contributed by atoms with Crippen molar-refractivity contribution in [1.82, 2.24) is 4.72 Å².